The van der Waals surface area contributed by atoms with Gasteiger partial charge in [-0.05, 0) is 58.8 Å². The predicted octanol–water partition coefficient (Wildman–Crippen LogP) is -7.65. The monoisotopic (exact) mass is 1060 g/mol. The van der Waals surface area contributed by atoms with Crippen LogP contribution < -0.4 is 48.3 Å². The minimum atomic E-state index is -1.99. The Kier molecular flexibility index (Phi) is 25.4. The third-order valence-corrected chi connectivity index (χ3v) is 12.8. The Morgan fingerprint density at radius 1 is 0.662 bits per heavy atom. The van der Waals surface area contributed by atoms with Crippen LogP contribution in [0.25, 0.3) is 0 Å². The molecule has 3 fully saturated rings. The van der Waals surface area contributed by atoms with Crippen molar-refractivity contribution < 1.29 is 97.8 Å². The number of nitrogens with one attached hydrogen (secondary N) is 8. The molecule has 0 aromatic heterocycles. The Balaban J connectivity index is 2.02. The van der Waals surface area contributed by atoms with Gasteiger partial charge in [0, 0.05) is 27.3 Å². The zero-order valence-corrected chi connectivity index (χ0v) is 42.6. The molecule has 3 rings (SSSR count). The molecule has 0 aromatic carbocycles. The van der Waals surface area contributed by atoms with Crippen molar-refractivity contribution in [2.24, 2.45) is 17.6 Å². The molecule has 1 saturated carbocycles. The molecule has 2 heterocycles. The molecular formula is C45H77N9O20. The summed E-state index contributed by atoms with van der Waals surface area (Å²) in [5.41, 5.74) is 5.29. The number of aliphatic hydroxyl groups excluding tert-OH is 7. The molecule has 74 heavy (non-hydrogen) atoms. The highest BCUT2D eigenvalue weighted by atomic mass is 16.7. The van der Waals surface area contributed by atoms with Crippen LogP contribution in [0.15, 0.2) is 0 Å². The van der Waals surface area contributed by atoms with Crippen LogP contribution in [-0.2, 0) is 62.1 Å². The van der Waals surface area contributed by atoms with Crippen molar-refractivity contribution in [3.05, 3.63) is 0 Å². The van der Waals surface area contributed by atoms with E-state index in [1.807, 2.05) is 0 Å². The molecule has 0 spiro atoms. The smallest absolute Gasteiger partial charge is 0.245 e. The van der Waals surface area contributed by atoms with E-state index < -0.39 is 195 Å². The van der Waals surface area contributed by atoms with E-state index in [0.717, 1.165) is 13.8 Å². The molecule has 29 nitrogen and oxygen atoms in total. The average Bonchev–Trinajstić information content (AvgIpc) is 3.33. The lowest BCUT2D eigenvalue weighted by atomic mass is 9.82. The number of ether oxygens (including phenoxy) is 4. The lowest BCUT2D eigenvalue weighted by molar-refractivity contribution is -0.321. The summed E-state index contributed by atoms with van der Waals surface area (Å²) in [5.74, 6) is -10.1. The van der Waals surface area contributed by atoms with E-state index in [-0.39, 0.29) is 38.5 Å². The summed E-state index contributed by atoms with van der Waals surface area (Å²) in [4.78, 5) is 119. The lowest BCUT2D eigenvalue weighted by Gasteiger charge is -2.49. The fourth-order valence-corrected chi connectivity index (χ4v) is 8.68. The number of aliphatic hydroxyl groups is 7. The Bertz CT molecular complexity index is 1930. The third kappa shape index (κ3) is 18.3. The van der Waals surface area contributed by atoms with Crippen molar-refractivity contribution >= 4 is 53.2 Å². The average molecular weight is 1060 g/mol. The number of carbonyl (C=O) groups is 9. The van der Waals surface area contributed by atoms with E-state index >= 15 is 0 Å². The summed E-state index contributed by atoms with van der Waals surface area (Å²) in [7, 11) is 1.28. The molecule has 1 aliphatic carbocycles. The van der Waals surface area contributed by atoms with E-state index in [1.54, 1.807) is 13.8 Å². The summed E-state index contributed by atoms with van der Waals surface area (Å²) in [5, 5.41) is 93.6. The highest BCUT2D eigenvalue weighted by Crippen LogP contribution is 2.31. The molecule has 3 aliphatic rings. The number of primary amides is 1. The van der Waals surface area contributed by atoms with E-state index in [9.17, 15) is 78.9 Å². The van der Waals surface area contributed by atoms with Crippen molar-refractivity contribution in [2.45, 2.75) is 190 Å². The quantitative estimate of drug-likeness (QED) is 0.0383. The van der Waals surface area contributed by atoms with Gasteiger partial charge in [-0.1, -0.05) is 6.92 Å². The standard InChI is InChI=1S/C45H77N9O20/c1-18(2)71-37-29(17-57)73-45(34(36(37)65)49-22(6)60)74-38-28(16-56)72-44(33(35(38)64)48-21(5)59)53-31(63)14-26(51-42(69)27(15-55)52-39(66)19(3)20(4)58)41(68)54-32(23-8-10-24(61)11-9-23)43(70)50-25(40(67)47-7)12-13-30(46)62/h18-20,23-29,32-38,44-45,55-58,61,64-65H,8-17H2,1-7H3,(H2,46,62)(H,47,67)(H,48,59)(H,49,60)(H,50,70)(H,51,69)(H,52,66)(H,53,63)(H,54,68)/t19?,20?,23?,24?,25-,26-,27+,28?,29?,32?,33?,34?,35+,36?,37+,38+,44+,45-/m0/s1. The van der Waals surface area contributed by atoms with Crippen molar-refractivity contribution in [3.63, 3.8) is 0 Å². The van der Waals surface area contributed by atoms with Crippen LogP contribution >= 0.6 is 0 Å². The zero-order valence-electron chi connectivity index (χ0n) is 42.6. The molecule has 422 valence electrons. The Hall–Kier alpha value is -5.21. The second kappa shape index (κ2) is 29.8. The van der Waals surface area contributed by atoms with E-state index in [0.29, 0.717) is 0 Å². The van der Waals surface area contributed by atoms with Gasteiger partial charge in [0.25, 0.3) is 0 Å². The highest BCUT2D eigenvalue weighted by molar-refractivity contribution is 5.97. The number of rotatable bonds is 26. The van der Waals surface area contributed by atoms with Gasteiger partial charge >= 0.3 is 0 Å². The second-order valence-electron chi connectivity index (χ2n) is 19.0. The molecule has 16 atom stereocenters. The summed E-state index contributed by atoms with van der Waals surface area (Å²) in [6.45, 7) is 5.44. The van der Waals surface area contributed by atoms with Gasteiger partial charge in [-0.2, -0.15) is 0 Å². The van der Waals surface area contributed by atoms with Gasteiger partial charge in [0.15, 0.2) is 12.5 Å². The van der Waals surface area contributed by atoms with E-state index in [2.05, 4.69) is 42.5 Å². The van der Waals surface area contributed by atoms with Crippen LogP contribution in [0.3, 0.4) is 0 Å². The summed E-state index contributed by atoms with van der Waals surface area (Å²) in [6, 6.07) is -9.65. The number of hydrogen-bond donors (Lipinski definition) is 16. The highest BCUT2D eigenvalue weighted by Gasteiger charge is 2.53. The van der Waals surface area contributed by atoms with Gasteiger partial charge < -0.3 is 103 Å². The fraction of sp³-hybridized carbons (Fsp3) is 0.800. The van der Waals surface area contributed by atoms with Crippen molar-refractivity contribution in [1.29, 1.82) is 0 Å². The first kappa shape index (κ1) is 63.1. The minimum absolute atomic E-state index is 0.169. The maximum atomic E-state index is 14.5. The van der Waals surface area contributed by atoms with E-state index in [4.69, 9.17) is 24.7 Å². The molecule has 17 N–H and O–H groups in total. The normalized spacial score (nSPS) is 29.4. The molecule has 2 saturated heterocycles. The predicted molar refractivity (Wildman–Crippen MR) is 252 cm³/mol. The Morgan fingerprint density at radius 2 is 1.20 bits per heavy atom. The number of nitrogens with two attached hydrogens (primary N) is 1. The topological polar surface area (TPSA) is 454 Å². The van der Waals surface area contributed by atoms with Crippen LogP contribution in [0.1, 0.15) is 86.5 Å². The maximum Gasteiger partial charge on any atom is 0.245 e. The van der Waals surface area contributed by atoms with Crippen LogP contribution in [0.4, 0.5) is 0 Å². The minimum Gasteiger partial charge on any atom is -0.394 e. The summed E-state index contributed by atoms with van der Waals surface area (Å²) in [6.07, 6.45) is -15.9. The first-order valence-corrected chi connectivity index (χ1v) is 24.5. The SMILES string of the molecule is CNC(=O)[C@H](CCC(N)=O)NC(=O)C(NC(=O)[C@H](CC(=O)N[C@@H]1OC(CO)[C@@H](O[C@@H]2OC(CO)[C@@H](OC(C)C)C(O)C2NC(C)=O)[C@H](O)C1NC(C)=O)NC(=O)[C@@H](CO)NC(=O)C(C)C(C)O)C1CCC(O)CC1. The van der Waals surface area contributed by atoms with Gasteiger partial charge in [0.1, 0.15) is 72.9 Å². The fourth-order valence-electron chi connectivity index (χ4n) is 8.68. The first-order chi connectivity index (χ1) is 34.8. The van der Waals surface area contributed by atoms with Crippen molar-refractivity contribution in [2.75, 3.05) is 26.9 Å². The van der Waals surface area contributed by atoms with Gasteiger partial charge in [-0.25, -0.2) is 0 Å². The number of amides is 9. The Morgan fingerprint density at radius 3 is 1.73 bits per heavy atom. The van der Waals surface area contributed by atoms with E-state index in [1.165, 1.54) is 20.9 Å². The van der Waals surface area contributed by atoms with Crippen LogP contribution in [0, 0.1) is 11.8 Å². The zero-order chi connectivity index (χ0) is 55.7. The number of likely N-dealkylation sites (N-methyl/N-ethyl adjacent to an activating group) is 1. The molecule has 29 heteroatoms. The van der Waals surface area contributed by atoms with Gasteiger partial charge in [0.2, 0.25) is 53.2 Å². The molecule has 8 unspecified atom stereocenters. The van der Waals surface area contributed by atoms with Crippen LogP contribution in [0.2, 0.25) is 0 Å². The van der Waals surface area contributed by atoms with Gasteiger partial charge in [0.05, 0.1) is 50.5 Å². The number of hydrogen-bond acceptors (Lipinski definition) is 20. The largest absolute Gasteiger partial charge is 0.394 e. The first-order valence-electron chi connectivity index (χ1n) is 24.5. The van der Waals surface area contributed by atoms with Gasteiger partial charge in [-0.15, -0.1) is 0 Å². The second-order valence-corrected chi connectivity index (χ2v) is 19.0. The molecule has 0 aromatic rings. The van der Waals surface area contributed by atoms with Gasteiger partial charge in [-0.3, -0.25) is 43.2 Å². The van der Waals surface area contributed by atoms with Crippen LogP contribution in [0.5, 0.6) is 0 Å². The van der Waals surface area contributed by atoms with Crippen LogP contribution in [-0.4, -0.2) is 219 Å². The molecule has 2 aliphatic heterocycles. The third-order valence-electron chi connectivity index (χ3n) is 12.8. The molecule has 0 radical (unpaired) electrons. The number of carbonyl (C=O) groups excluding carboxylic acids is 9. The van der Waals surface area contributed by atoms with Crippen molar-refractivity contribution in [1.82, 2.24) is 42.5 Å². The summed E-state index contributed by atoms with van der Waals surface area (Å²) < 4.78 is 23.7. The molecular weight excluding hydrogens is 987 g/mol. The molecule has 0 bridgehead atoms. The molecule has 9 amide bonds. The lowest BCUT2D eigenvalue weighted by Crippen LogP contribution is -2.71. The summed E-state index contributed by atoms with van der Waals surface area (Å²) >= 11 is 0. The Labute approximate surface area is 427 Å². The maximum absolute atomic E-state index is 14.5. The van der Waals surface area contributed by atoms with Crippen molar-refractivity contribution in [3.8, 4) is 0 Å².